The van der Waals surface area contributed by atoms with Crippen LogP contribution in [0.4, 0.5) is 0 Å². The van der Waals surface area contributed by atoms with E-state index in [4.69, 9.17) is 14.2 Å². The summed E-state index contributed by atoms with van der Waals surface area (Å²) in [5.41, 5.74) is 4.14. The van der Waals surface area contributed by atoms with Gasteiger partial charge in [-0.15, -0.1) is 0 Å². The first-order chi connectivity index (χ1) is 19.8. The van der Waals surface area contributed by atoms with Crippen molar-refractivity contribution in [3.8, 4) is 5.75 Å². The maximum atomic E-state index is 10.4. The second kappa shape index (κ2) is 16.2. The number of aryl methyl sites for hydroxylation is 1. The van der Waals surface area contributed by atoms with Crippen LogP contribution in [0.1, 0.15) is 121 Å². The Balaban J connectivity index is 1.50. The van der Waals surface area contributed by atoms with Crippen LogP contribution in [-0.4, -0.2) is 63.3 Å². The minimum Gasteiger partial charge on any atom is -0.487 e. The zero-order chi connectivity index (χ0) is 31.0. The first-order valence-corrected chi connectivity index (χ1v) is 16.6. The number of hydrogen-bond acceptors (Lipinski definition) is 7. The van der Waals surface area contributed by atoms with Crippen LogP contribution in [0.15, 0.2) is 6.07 Å². The fourth-order valence-corrected chi connectivity index (χ4v) is 6.65. The molecule has 0 aliphatic carbocycles. The lowest BCUT2D eigenvalue weighted by molar-refractivity contribution is -0.304. The van der Waals surface area contributed by atoms with Gasteiger partial charge in [-0.2, -0.15) is 0 Å². The van der Waals surface area contributed by atoms with Gasteiger partial charge >= 0.3 is 0 Å². The molecule has 0 aromatic heterocycles. The highest BCUT2D eigenvalue weighted by Gasteiger charge is 2.44. The van der Waals surface area contributed by atoms with E-state index in [0.29, 0.717) is 0 Å². The van der Waals surface area contributed by atoms with Crippen LogP contribution in [0.25, 0.3) is 0 Å². The highest BCUT2D eigenvalue weighted by molar-refractivity contribution is 5.51. The lowest BCUT2D eigenvalue weighted by Crippen LogP contribution is -2.59. The first-order valence-electron chi connectivity index (χ1n) is 16.6. The number of fused-ring (bicyclic) bond motifs is 1. The minimum absolute atomic E-state index is 0.149. The Morgan fingerprint density at radius 3 is 2.14 bits per heavy atom. The molecule has 2 aliphatic heterocycles. The molecule has 1 fully saturated rings. The van der Waals surface area contributed by atoms with Gasteiger partial charge in [0.15, 0.2) is 6.29 Å². The quantitative estimate of drug-likeness (QED) is 0.183. The third kappa shape index (κ3) is 9.64. The van der Waals surface area contributed by atoms with Crippen LogP contribution in [-0.2, 0) is 22.5 Å². The van der Waals surface area contributed by atoms with E-state index in [2.05, 4.69) is 47.6 Å². The average Bonchev–Trinajstić information content (AvgIpc) is 2.93. The van der Waals surface area contributed by atoms with E-state index in [0.717, 1.165) is 65.9 Å². The Labute approximate surface area is 255 Å². The van der Waals surface area contributed by atoms with Crippen molar-refractivity contribution in [1.82, 2.24) is 0 Å². The summed E-state index contributed by atoms with van der Waals surface area (Å²) in [6.07, 6.45) is 7.06. The molecule has 0 amide bonds. The summed E-state index contributed by atoms with van der Waals surface area (Å²) in [6, 6.07) is 2.09. The Morgan fingerprint density at radius 2 is 1.52 bits per heavy atom. The van der Waals surface area contributed by atoms with Crippen molar-refractivity contribution in [2.45, 2.75) is 162 Å². The third-order valence-corrected chi connectivity index (χ3v) is 9.74. The fraction of sp³-hybridized carbons (Fsp3) is 0.829. The summed E-state index contributed by atoms with van der Waals surface area (Å²) in [7, 11) is 0. The lowest BCUT2D eigenvalue weighted by Gasteiger charge is -2.40. The van der Waals surface area contributed by atoms with Crippen LogP contribution >= 0.6 is 0 Å². The predicted molar refractivity (Wildman–Crippen MR) is 167 cm³/mol. The van der Waals surface area contributed by atoms with E-state index in [9.17, 15) is 20.4 Å². The van der Waals surface area contributed by atoms with Gasteiger partial charge in [0.1, 0.15) is 35.8 Å². The van der Waals surface area contributed by atoms with Gasteiger partial charge in [-0.3, -0.25) is 0 Å². The van der Waals surface area contributed by atoms with Crippen LogP contribution in [0, 0.1) is 31.6 Å². The summed E-state index contributed by atoms with van der Waals surface area (Å²) in [4.78, 5) is 0. The Morgan fingerprint density at radius 1 is 0.905 bits per heavy atom. The number of aliphatic hydroxyl groups is 4. The van der Waals surface area contributed by atoms with Gasteiger partial charge in [-0.1, -0.05) is 78.7 Å². The summed E-state index contributed by atoms with van der Waals surface area (Å²) >= 11 is 0. The smallest absolute Gasteiger partial charge is 0.187 e. The fourth-order valence-electron chi connectivity index (χ4n) is 6.65. The maximum absolute atomic E-state index is 10.4. The van der Waals surface area contributed by atoms with Crippen LogP contribution in [0.2, 0.25) is 0 Å². The molecule has 1 aromatic carbocycles. The molecule has 242 valence electrons. The van der Waals surface area contributed by atoms with Crippen molar-refractivity contribution in [1.29, 1.82) is 0 Å². The van der Waals surface area contributed by atoms with E-state index in [1.807, 2.05) is 6.92 Å². The molecule has 0 bridgehead atoms. The van der Waals surface area contributed by atoms with Crippen molar-refractivity contribution in [3.63, 3.8) is 0 Å². The van der Waals surface area contributed by atoms with Gasteiger partial charge in [0.05, 0.1) is 13.2 Å². The first kappa shape index (κ1) is 35.3. The maximum Gasteiger partial charge on any atom is 0.187 e. The molecule has 7 heteroatoms. The third-order valence-electron chi connectivity index (χ3n) is 9.74. The molecule has 1 saturated heterocycles. The number of benzene rings is 1. The van der Waals surface area contributed by atoms with Crippen LogP contribution < -0.4 is 4.74 Å². The predicted octanol–water partition coefficient (Wildman–Crippen LogP) is 6.14. The highest BCUT2D eigenvalue weighted by Crippen LogP contribution is 2.41. The van der Waals surface area contributed by atoms with E-state index in [1.54, 1.807) is 0 Å². The normalized spacial score (nSPS) is 29.3. The number of aliphatic hydroxyl groups excluding tert-OH is 4. The van der Waals surface area contributed by atoms with Crippen molar-refractivity contribution in [2.24, 2.45) is 17.8 Å². The Bertz CT molecular complexity index is 963. The summed E-state index contributed by atoms with van der Waals surface area (Å²) in [5, 5.41) is 40.0. The van der Waals surface area contributed by atoms with Crippen molar-refractivity contribution in [3.05, 3.63) is 28.3 Å². The van der Waals surface area contributed by atoms with Gasteiger partial charge in [0.2, 0.25) is 0 Å². The standard InChI is InChI=1S/C35H60O7/c1-22(2)11-8-12-23(3)13-9-14-24(4)15-10-17-35(7)18-16-28-25(5)19-27(26(6)33(28)42-35)21-40-34-32(39)31(38)30(37)29(20-36)41-34/h19,22-24,29-32,34,36-39H,8-18,20-21H2,1-7H3/t23-,24-,29-,30-,31+,32-,34-,35?/m1/s1. The summed E-state index contributed by atoms with van der Waals surface area (Å²) < 4.78 is 18.2. The number of hydrogen-bond donors (Lipinski definition) is 4. The van der Waals surface area contributed by atoms with Crippen molar-refractivity contribution < 1.29 is 34.6 Å². The van der Waals surface area contributed by atoms with E-state index >= 15 is 0 Å². The molecule has 2 aliphatic rings. The van der Waals surface area contributed by atoms with Gasteiger partial charge in [-0.05, 0) is 86.5 Å². The Hall–Kier alpha value is -1.22. The molecule has 3 rings (SSSR count). The molecule has 1 aromatic rings. The van der Waals surface area contributed by atoms with Gasteiger partial charge in [-0.25, -0.2) is 0 Å². The molecule has 8 atom stereocenters. The molecule has 42 heavy (non-hydrogen) atoms. The zero-order valence-electron chi connectivity index (χ0n) is 27.4. The van der Waals surface area contributed by atoms with Crippen LogP contribution in [0.5, 0.6) is 5.75 Å². The monoisotopic (exact) mass is 592 g/mol. The van der Waals surface area contributed by atoms with E-state index in [1.165, 1.54) is 50.5 Å². The largest absolute Gasteiger partial charge is 0.487 e. The summed E-state index contributed by atoms with van der Waals surface area (Å²) in [6.45, 7) is 15.5. The molecule has 0 radical (unpaired) electrons. The number of ether oxygens (including phenoxy) is 3. The molecule has 2 heterocycles. The number of rotatable bonds is 16. The molecule has 0 spiro atoms. The van der Waals surface area contributed by atoms with Gasteiger partial charge in [0, 0.05) is 0 Å². The lowest BCUT2D eigenvalue weighted by atomic mass is 9.84. The van der Waals surface area contributed by atoms with Gasteiger partial charge < -0.3 is 34.6 Å². The average molecular weight is 593 g/mol. The molecular formula is C35H60O7. The highest BCUT2D eigenvalue weighted by atomic mass is 16.7. The molecular weight excluding hydrogens is 532 g/mol. The SMILES string of the molecule is Cc1cc(CO[C@@H]2O[C@H](CO)[C@@H](O)[C@H](O)[C@H]2O)c(C)c2c1CCC(C)(CCC[C@H](C)CCC[C@H](C)CCCC(C)C)O2. The van der Waals surface area contributed by atoms with E-state index in [-0.39, 0.29) is 12.2 Å². The molecule has 4 N–H and O–H groups in total. The second-order valence-corrected chi connectivity index (χ2v) is 14.2. The topological polar surface area (TPSA) is 109 Å². The molecule has 7 nitrogen and oxygen atoms in total. The van der Waals surface area contributed by atoms with Crippen molar-refractivity contribution in [2.75, 3.05) is 6.61 Å². The molecule has 1 unspecified atom stereocenters. The van der Waals surface area contributed by atoms with Crippen LogP contribution in [0.3, 0.4) is 0 Å². The van der Waals surface area contributed by atoms with E-state index < -0.39 is 37.3 Å². The Kier molecular flexibility index (Phi) is 13.6. The van der Waals surface area contributed by atoms with Crippen molar-refractivity contribution >= 4 is 0 Å². The second-order valence-electron chi connectivity index (χ2n) is 14.2. The zero-order valence-corrected chi connectivity index (χ0v) is 27.4. The minimum atomic E-state index is -1.46. The summed E-state index contributed by atoms with van der Waals surface area (Å²) in [5.74, 6) is 3.33. The molecule has 0 saturated carbocycles. The van der Waals surface area contributed by atoms with Gasteiger partial charge in [0.25, 0.3) is 0 Å².